The molecule has 146 valence electrons. The molecule has 7 nitrogen and oxygen atoms in total. The van der Waals surface area contributed by atoms with Crippen molar-refractivity contribution in [2.24, 2.45) is 5.10 Å². The van der Waals surface area contributed by atoms with E-state index in [9.17, 15) is 14.9 Å². The number of ether oxygens (including phenoxy) is 1. The smallest absolute Gasteiger partial charge is 0.271 e. The zero-order valence-corrected chi connectivity index (χ0v) is 15.9. The van der Waals surface area contributed by atoms with E-state index in [2.05, 4.69) is 10.5 Å². The molecule has 0 saturated carbocycles. The monoisotopic (exact) mass is 409 g/mol. The lowest BCUT2D eigenvalue weighted by Gasteiger charge is -2.07. The lowest BCUT2D eigenvalue weighted by molar-refractivity contribution is -0.384. The highest BCUT2D eigenvalue weighted by Gasteiger charge is 2.06. The fourth-order valence-electron chi connectivity index (χ4n) is 2.40. The van der Waals surface area contributed by atoms with E-state index in [4.69, 9.17) is 16.3 Å². The molecule has 0 spiro atoms. The second-order valence-electron chi connectivity index (χ2n) is 5.99. The average molecular weight is 410 g/mol. The Morgan fingerprint density at radius 1 is 1.10 bits per heavy atom. The number of amides is 1. The maximum atomic E-state index is 12.2. The first-order valence-corrected chi connectivity index (χ1v) is 8.94. The number of non-ortho nitro benzene ring substituents is 1. The van der Waals surface area contributed by atoms with Crippen LogP contribution in [0.2, 0.25) is 5.02 Å². The highest BCUT2D eigenvalue weighted by Crippen LogP contribution is 2.17. The molecular formula is C21H16ClN3O4. The number of nitro groups is 1. The van der Waals surface area contributed by atoms with Gasteiger partial charge in [-0.1, -0.05) is 35.9 Å². The summed E-state index contributed by atoms with van der Waals surface area (Å²) in [5.41, 5.74) is 4.19. The van der Waals surface area contributed by atoms with Crippen molar-refractivity contribution >= 4 is 29.4 Å². The predicted octanol–water partition coefficient (Wildman–Crippen LogP) is 4.59. The van der Waals surface area contributed by atoms with Crippen LogP contribution < -0.4 is 10.2 Å². The van der Waals surface area contributed by atoms with Gasteiger partial charge in [0.25, 0.3) is 11.6 Å². The summed E-state index contributed by atoms with van der Waals surface area (Å²) in [5.74, 6) is 0.309. The minimum atomic E-state index is -0.492. The van der Waals surface area contributed by atoms with Gasteiger partial charge in [-0.2, -0.15) is 5.10 Å². The molecule has 0 bridgehead atoms. The molecule has 0 aliphatic heterocycles. The van der Waals surface area contributed by atoms with E-state index in [1.165, 1.54) is 18.3 Å². The molecule has 0 heterocycles. The van der Waals surface area contributed by atoms with Crippen molar-refractivity contribution in [3.63, 3.8) is 0 Å². The van der Waals surface area contributed by atoms with Gasteiger partial charge in [0.1, 0.15) is 12.4 Å². The van der Waals surface area contributed by atoms with Crippen LogP contribution in [0.5, 0.6) is 5.75 Å². The fraction of sp³-hybridized carbons (Fsp3) is 0.0476. The Labute approximate surface area is 171 Å². The number of carbonyl (C=O) groups excluding carboxylic acids is 1. The number of nitro benzene ring substituents is 1. The normalized spacial score (nSPS) is 10.7. The van der Waals surface area contributed by atoms with Crippen molar-refractivity contribution < 1.29 is 14.5 Å². The minimum Gasteiger partial charge on any atom is -0.489 e. The third-order valence-electron chi connectivity index (χ3n) is 3.90. The molecule has 0 aliphatic rings. The Balaban J connectivity index is 1.54. The molecule has 0 unspecified atom stereocenters. The van der Waals surface area contributed by atoms with E-state index >= 15 is 0 Å². The van der Waals surface area contributed by atoms with Gasteiger partial charge in [-0.15, -0.1) is 0 Å². The molecule has 0 aromatic heterocycles. The molecule has 0 saturated heterocycles. The second kappa shape index (κ2) is 9.48. The minimum absolute atomic E-state index is 0.0447. The number of benzene rings is 3. The Morgan fingerprint density at radius 3 is 2.52 bits per heavy atom. The topological polar surface area (TPSA) is 93.8 Å². The van der Waals surface area contributed by atoms with Crippen LogP contribution in [0.1, 0.15) is 21.5 Å². The first-order chi connectivity index (χ1) is 14.0. The van der Waals surface area contributed by atoms with E-state index < -0.39 is 10.8 Å². The summed E-state index contributed by atoms with van der Waals surface area (Å²) in [4.78, 5) is 22.4. The molecule has 0 aliphatic carbocycles. The summed E-state index contributed by atoms with van der Waals surface area (Å²) >= 11 is 5.84. The van der Waals surface area contributed by atoms with Crippen LogP contribution in [-0.2, 0) is 6.61 Å². The van der Waals surface area contributed by atoms with E-state index in [1.807, 2.05) is 0 Å². The average Bonchev–Trinajstić information content (AvgIpc) is 2.74. The molecule has 0 atom stereocenters. The van der Waals surface area contributed by atoms with Crippen LogP contribution in [-0.4, -0.2) is 17.0 Å². The van der Waals surface area contributed by atoms with Crippen molar-refractivity contribution in [2.45, 2.75) is 6.61 Å². The van der Waals surface area contributed by atoms with Crippen LogP contribution in [0, 0.1) is 10.1 Å². The van der Waals surface area contributed by atoms with Gasteiger partial charge in [-0.3, -0.25) is 14.9 Å². The summed E-state index contributed by atoms with van der Waals surface area (Å²) in [6.45, 7) is 0.356. The van der Waals surface area contributed by atoms with Gasteiger partial charge in [0.05, 0.1) is 11.1 Å². The molecule has 3 rings (SSSR count). The van der Waals surface area contributed by atoms with Gasteiger partial charge >= 0.3 is 0 Å². The number of carbonyl (C=O) groups is 1. The van der Waals surface area contributed by atoms with Gasteiger partial charge in [0.15, 0.2) is 0 Å². The largest absolute Gasteiger partial charge is 0.489 e. The summed E-state index contributed by atoms with van der Waals surface area (Å²) < 4.78 is 5.66. The quantitative estimate of drug-likeness (QED) is 0.351. The van der Waals surface area contributed by atoms with Crippen LogP contribution in [0.3, 0.4) is 0 Å². The Kier molecular flexibility index (Phi) is 6.55. The first-order valence-electron chi connectivity index (χ1n) is 8.56. The van der Waals surface area contributed by atoms with Crippen molar-refractivity contribution in [2.75, 3.05) is 0 Å². The molecule has 0 fully saturated rings. The standard InChI is InChI=1S/C21H16ClN3O4/c22-18-8-10-20(11-9-18)29-14-15-4-6-17(7-5-15)21(26)24-23-13-16-2-1-3-19(12-16)25(27)28/h1-13H,14H2,(H,24,26)/b23-13-. The van der Waals surface area contributed by atoms with Gasteiger partial charge in [0, 0.05) is 28.3 Å². The number of nitrogens with one attached hydrogen (secondary N) is 1. The Morgan fingerprint density at radius 2 is 1.83 bits per heavy atom. The number of halogens is 1. The number of hydrogen-bond donors (Lipinski definition) is 1. The van der Waals surface area contributed by atoms with E-state index in [0.717, 1.165) is 5.56 Å². The zero-order chi connectivity index (χ0) is 20.6. The molecule has 3 aromatic rings. The first kappa shape index (κ1) is 20.0. The molecule has 0 radical (unpaired) electrons. The van der Waals surface area contributed by atoms with Gasteiger partial charge in [-0.05, 0) is 42.0 Å². The highest BCUT2D eigenvalue weighted by molar-refractivity contribution is 6.30. The fourth-order valence-corrected chi connectivity index (χ4v) is 2.52. The molecule has 1 amide bonds. The molecular weight excluding hydrogens is 394 g/mol. The van der Waals surface area contributed by atoms with Crippen LogP contribution in [0.15, 0.2) is 77.9 Å². The second-order valence-corrected chi connectivity index (χ2v) is 6.43. The number of hydrogen-bond acceptors (Lipinski definition) is 5. The van der Waals surface area contributed by atoms with Gasteiger partial charge < -0.3 is 4.74 Å². The lowest BCUT2D eigenvalue weighted by atomic mass is 10.1. The van der Waals surface area contributed by atoms with Gasteiger partial charge in [0.2, 0.25) is 0 Å². The maximum Gasteiger partial charge on any atom is 0.271 e. The van der Waals surface area contributed by atoms with Crippen LogP contribution in [0.25, 0.3) is 0 Å². The van der Waals surface area contributed by atoms with Crippen LogP contribution >= 0.6 is 11.6 Å². The van der Waals surface area contributed by atoms with E-state index in [0.29, 0.717) is 28.5 Å². The molecule has 3 aromatic carbocycles. The van der Waals surface area contributed by atoms with Crippen molar-refractivity contribution in [3.05, 3.63) is 105 Å². The summed E-state index contributed by atoms with van der Waals surface area (Å²) in [5, 5.41) is 15.2. The summed E-state index contributed by atoms with van der Waals surface area (Å²) in [6.07, 6.45) is 1.35. The Bertz CT molecular complexity index is 1030. The highest BCUT2D eigenvalue weighted by atomic mass is 35.5. The third-order valence-corrected chi connectivity index (χ3v) is 4.15. The van der Waals surface area contributed by atoms with Crippen molar-refractivity contribution in [1.29, 1.82) is 0 Å². The van der Waals surface area contributed by atoms with Gasteiger partial charge in [-0.25, -0.2) is 5.43 Å². The summed E-state index contributed by atoms with van der Waals surface area (Å²) in [6, 6.07) is 19.9. The number of hydrazone groups is 1. The van der Waals surface area contributed by atoms with Crippen molar-refractivity contribution in [3.8, 4) is 5.75 Å². The zero-order valence-electron chi connectivity index (χ0n) is 15.1. The molecule has 1 N–H and O–H groups in total. The third kappa shape index (κ3) is 5.88. The molecule has 29 heavy (non-hydrogen) atoms. The number of rotatable bonds is 7. The predicted molar refractivity (Wildman–Crippen MR) is 110 cm³/mol. The van der Waals surface area contributed by atoms with E-state index in [-0.39, 0.29) is 5.69 Å². The van der Waals surface area contributed by atoms with Crippen LogP contribution in [0.4, 0.5) is 5.69 Å². The molecule has 8 heteroatoms. The van der Waals surface area contributed by atoms with E-state index in [1.54, 1.807) is 60.7 Å². The maximum absolute atomic E-state index is 12.2. The SMILES string of the molecule is O=C(N/N=C\c1cccc([N+](=O)[O-])c1)c1ccc(COc2ccc(Cl)cc2)cc1. The summed E-state index contributed by atoms with van der Waals surface area (Å²) in [7, 11) is 0. The van der Waals surface area contributed by atoms with Crippen molar-refractivity contribution in [1.82, 2.24) is 5.43 Å². The Hall–Kier alpha value is -3.71. The lowest BCUT2D eigenvalue weighted by Crippen LogP contribution is -2.17. The number of nitrogens with zero attached hydrogens (tertiary/aromatic N) is 2.